The number of hydrogen-bond acceptors (Lipinski definition) is 5. The summed E-state index contributed by atoms with van der Waals surface area (Å²) in [5.74, 6) is 1.04. The van der Waals surface area contributed by atoms with Crippen molar-refractivity contribution in [1.29, 1.82) is 0 Å². The number of benzene rings is 1. The number of aromatic amines is 1. The van der Waals surface area contributed by atoms with Crippen LogP contribution in [0.1, 0.15) is 25.3 Å². The monoisotopic (exact) mass is 399 g/mol. The van der Waals surface area contributed by atoms with Crippen molar-refractivity contribution >= 4 is 16.8 Å². The van der Waals surface area contributed by atoms with Crippen LogP contribution < -0.4 is 10.3 Å². The number of rotatable bonds is 5. The summed E-state index contributed by atoms with van der Waals surface area (Å²) < 4.78 is 10.9. The lowest BCUT2D eigenvalue weighted by Crippen LogP contribution is -2.39. The van der Waals surface area contributed by atoms with Gasteiger partial charge in [-0.25, -0.2) is 0 Å². The molecule has 29 heavy (non-hydrogen) atoms. The highest BCUT2D eigenvalue weighted by atomic mass is 16.5. The summed E-state index contributed by atoms with van der Waals surface area (Å²) >= 11 is 0. The van der Waals surface area contributed by atoms with Crippen molar-refractivity contribution in [2.75, 3.05) is 46.0 Å². The van der Waals surface area contributed by atoms with E-state index in [1.54, 1.807) is 0 Å². The maximum Gasteiger partial charge on any atom is 0.252 e. The second-order valence-corrected chi connectivity index (χ2v) is 7.82. The molecule has 1 aromatic carbocycles. The maximum atomic E-state index is 12.7. The van der Waals surface area contributed by atoms with E-state index < -0.39 is 0 Å². The summed E-state index contributed by atoms with van der Waals surface area (Å²) in [4.78, 5) is 32.4. The van der Waals surface area contributed by atoms with Crippen LogP contribution in [0.4, 0.5) is 0 Å². The summed E-state index contributed by atoms with van der Waals surface area (Å²) in [6.07, 6.45) is 1.74. The van der Waals surface area contributed by atoms with Gasteiger partial charge in [0, 0.05) is 55.8 Å². The molecule has 1 amide bonds. The van der Waals surface area contributed by atoms with E-state index in [2.05, 4.69) is 9.88 Å². The number of hydrogen-bond donors (Lipinski definition) is 1. The molecular formula is C22H29N3O4. The fourth-order valence-corrected chi connectivity index (χ4v) is 4.18. The number of ether oxygens (including phenoxy) is 2. The van der Waals surface area contributed by atoms with Crippen LogP contribution in [0.3, 0.4) is 0 Å². The Balaban J connectivity index is 1.44. The van der Waals surface area contributed by atoms with Crippen molar-refractivity contribution in [2.24, 2.45) is 5.92 Å². The van der Waals surface area contributed by atoms with Crippen LogP contribution in [0.15, 0.2) is 29.1 Å². The van der Waals surface area contributed by atoms with Crippen LogP contribution in [0.5, 0.6) is 5.75 Å². The summed E-state index contributed by atoms with van der Waals surface area (Å²) in [7, 11) is 0. The van der Waals surface area contributed by atoms with Crippen LogP contribution >= 0.6 is 0 Å². The number of aromatic nitrogens is 1. The molecule has 2 aliphatic heterocycles. The number of nitrogens with zero attached hydrogens (tertiary/aromatic N) is 2. The van der Waals surface area contributed by atoms with Crippen LogP contribution in [-0.2, 0) is 16.1 Å². The lowest BCUT2D eigenvalue weighted by molar-refractivity contribution is -0.135. The van der Waals surface area contributed by atoms with Gasteiger partial charge in [0.2, 0.25) is 5.91 Å². The van der Waals surface area contributed by atoms with Gasteiger partial charge < -0.3 is 19.4 Å². The molecule has 1 N–H and O–H groups in total. The third-order valence-electron chi connectivity index (χ3n) is 5.78. The molecule has 156 valence electrons. The van der Waals surface area contributed by atoms with Gasteiger partial charge in [-0.2, -0.15) is 0 Å². The van der Waals surface area contributed by atoms with Gasteiger partial charge >= 0.3 is 0 Å². The minimum absolute atomic E-state index is 0.0180. The van der Waals surface area contributed by atoms with Gasteiger partial charge in [0.15, 0.2) is 0 Å². The van der Waals surface area contributed by atoms with Gasteiger partial charge in [0.25, 0.3) is 5.56 Å². The molecule has 1 aromatic heterocycles. The van der Waals surface area contributed by atoms with E-state index >= 15 is 0 Å². The third-order valence-corrected chi connectivity index (χ3v) is 5.78. The first-order valence-corrected chi connectivity index (χ1v) is 10.5. The number of carbonyl (C=O) groups excluding carboxylic acids is 1. The SMILES string of the molecule is CCOc1ccc2[nH]c(=O)c(CN3CCCN(C(=O)C4CCOC4)CC3)cc2c1. The van der Waals surface area contributed by atoms with Crippen LogP contribution in [0.25, 0.3) is 10.9 Å². The highest BCUT2D eigenvalue weighted by molar-refractivity contribution is 5.80. The number of amides is 1. The first kappa shape index (κ1) is 19.9. The minimum Gasteiger partial charge on any atom is -0.494 e. The molecule has 7 nitrogen and oxygen atoms in total. The zero-order valence-corrected chi connectivity index (χ0v) is 17.0. The summed E-state index contributed by atoms with van der Waals surface area (Å²) in [5.41, 5.74) is 1.51. The fraction of sp³-hybridized carbons (Fsp3) is 0.545. The molecule has 0 aliphatic carbocycles. The van der Waals surface area contributed by atoms with E-state index in [4.69, 9.17) is 9.47 Å². The number of H-pyrrole nitrogens is 1. The summed E-state index contributed by atoms with van der Waals surface area (Å²) in [5, 5.41) is 0.971. The Hall–Kier alpha value is -2.38. The average Bonchev–Trinajstić information content (AvgIpc) is 3.15. The first-order valence-electron chi connectivity index (χ1n) is 10.5. The van der Waals surface area contributed by atoms with Gasteiger partial charge in [0.05, 0.1) is 19.1 Å². The molecule has 1 atom stereocenters. The van der Waals surface area contributed by atoms with Crippen molar-refractivity contribution in [2.45, 2.75) is 26.3 Å². The zero-order chi connectivity index (χ0) is 20.2. The van der Waals surface area contributed by atoms with Crippen molar-refractivity contribution < 1.29 is 14.3 Å². The smallest absolute Gasteiger partial charge is 0.252 e. The number of fused-ring (bicyclic) bond motifs is 1. The van der Waals surface area contributed by atoms with Crippen LogP contribution in [0.2, 0.25) is 0 Å². The standard InChI is InChI=1S/C22H29N3O4/c1-2-29-19-4-5-20-17(13-19)12-18(21(26)23-20)14-24-7-3-8-25(10-9-24)22(27)16-6-11-28-15-16/h4-5,12-13,16H,2-3,6-11,14-15H2,1H3,(H,23,26). The average molecular weight is 399 g/mol. The van der Waals surface area contributed by atoms with Gasteiger partial charge in [-0.15, -0.1) is 0 Å². The van der Waals surface area contributed by atoms with E-state index in [0.29, 0.717) is 32.9 Å². The first-order chi connectivity index (χ1) is 14.1. The molecular weight excluding hydrogens is 370 g/mol. The van der Waals surface area contributed by atoms with Crippen molar-refractivity contribution in [3.63, 3.8) is 0 Å². The highest BCUT2D eigenvalue weighted by Crippen LogP contribution is 2.20. The summed E-state index contributed by atoms with van der Waals surface area (Å²) in [6.45, 7) is 7.51. The van der Waals surface area contributed by atoms with E-state index in [9.17, 15) is 9.59 Å². The Morgan fingerprint density at radius 2 is 2.14 bits per heavy atom. The largest absolute Gasteiger partial charge is 0.494 e. The zero-order valence-electron chi connectivity index (χ0n) is 17.0. The van der Waals surface area contributed by atoms with E-state index in [0.717, 1.165) is 54.7 Å². The molecule has 7 heteroatoms. The quantitative estimate of drug-likeness (QED) is 0.832. The molecule has 2 saturated heterocycles. The van der Waals surface area contributed by atoms with E-state index in [1.807, 2.05) is 36.1 Å². The normalized spacial score (nSPS) is 20.7. The molecule has 0 spiro atoms. The topological polar surface area (TPSA) is 74.9 Å². The molecule has 4 rings (SSSR count). The Bertz CT molecular complexity index is 920. The maximum absolute atomic E-state index is 12.7. The molecule has 2 aromatic rings. The predicted molar refractivity (Wildman–Crippen MR) is 111 cm³/mol. The molecule has 0 radical (unpaired) electrons. The third kappa shape index (κ3) is 4.62. The molecule has 3 heterocycles. The molecule has 2 aliphatic rings. The number of carbonyl (C=O) groups is 1. The fourth-order valence-electron chi connectivity index (χ4n) is 4.18. The molecule has 0 bridgehead atoms. The van der Waals surface area contributed by atoms with Crippen LogP contribution in [-0.4, -0.2) is 66.7 Å². The van der Waals surface area contributed by atoms with E-state index in [-0.39, 0.29) is 17.4 Å². The molecule has 0 saturated carbocycles. The van der Waals surface area contributed by atoms with Crippen molar-refractivity contribution in [3.05, 3.63) is 40.2 Å². The minimum atomic E-state index is -0.0538. The number of nitrogens with one attached hydrogen (secondary N) is 1. The van der Waals surface area contributed by atoms with Gasteiger partial charge in [-0.3, -0.25) is 14.5 Å². The van der Waals surface area contributed by atoms with Crippen molar-refractivity contribution in [1.82, 2.24) is 14.8 Å². The predicted octanol–water partition coefficient (Wildman–Crippen LogP) is 2.00. The van der Waals surface area contributed by atoms with Crippen LogP contribution in [0, 0.1) is 5.92 Å². The second kappa shape index (κ2) is 8.97. The highest BCUT2D eigenvalue weighted by Gasteiger charge is 2.29. The second-order valence-electron chi connectivity index (χ2n) is 7.82. The Morgan fingerprint density at radius 1 is 1.24 bits per heavy atom. The number of pyridine rings is 1. The van der Waals surface area contributed by atoms with Gasteiger partial charge in [-0.1, -0.05) is 0 Å². The summed E-state index contributed by atoms with van der Waals surface area (Å²) in [6, 6.07) is 7.68. The Morgan fingerprint density at radius 3 is 2.93 bits per heavy atom. The lowest BCUT2D eigenvalue weighted by atomic mass is 10.1. The Labute approximate surface area is 170 Å². The Kier molecular flexibility index (Phi) is 6.16. The van der Waals surface area contributed by atoms with E-state index in [1.165, 1.54) is 0 Å². The van der Waals surface area contributed by atoms with Crippen molar-refractivity contribution in [3.8, 4) is 5.75 Å². The lowest BCUT2D eigenvalue weighted by Gasteiger charge is -2.24. The van der Waals surface area contributed by atoms with Gasteiger partial charge in [0.1, 0.15) is 5.75 Å². The molecule has 1 unspecified atom stereocenters. The molecule has 2 fully saturated rings. The van der Waals surface area contributed by atoms with Gasteiger partial charge in [-0.05, 0) is 44.0 Å².